The Bertz CT molecular complexity index is 341. The molecule has 0 atom stereocenters. The predicted molar refractivity (Wildman–Crippen MR) is 112 cm³/mol. The second kappa shape index (κ2) is 21.2. The lowest BCUT2D eigenvalue weighted by molar-refractivity contribution is -0.145. The lowest BCUT2D eigenvalue weighted by Crippen LogP contribution is -2.09. The third kappa shape index (κ3) is 21.1. The van der Waals surface area contributed by atoms with Gasteiger partial charge in [-0.3, -0.25) is 9.59 Å². The molecule has 0 saturated carbocycles. The summed E-state index contributed by atoms with van der Waals surface area (Å²) in [5, 5.41) is 0. The summed E-state index contributed by atoms with van der Waals surface area (Å²) in [5.74, 6) is -0.388. The predicted octanol–water partition coefficient (Wildman–Crippen LogP) is 6.74. The summed E-state index contributed by atoms with van der Waals surface area (Å²) < 4.78 is 10.4. The van der Waals surface area contributed by atoms with Crippen LogP contribution in [0.3, 0.4) is 0 Å². The Morgan fingerprint density at radius 1 is 0.481 bits per heavy atom. The van der Waals surface area contributed by atoms with Crippen molar-refractivity contribution in [2.24, 2.45) is 0 Å². The van der Waals surface area contributed by atoms with E-state index in [-0.39, 0.29) is 11.9 Å². The third-order valence-corrected chi connectivity index (χ3v) is 4.78. The molecule has 0 fully saturated rings. The first kappa shape index (κ1) is 25.9. The van der Waals surface area contributed by atoms with Crippen molar-refractivity contribution in [3.63, 3.8) is 0 Å². The molecule has 0 N–H and O–H groups in total. The molecule has 0 aliphatic rings. The van der Waals surface area contributed by atoms with Crippen LogP contribution in [0.1, 0.15) is 123 Å². The zero-order valence-electron chi connectivity index (χ0n) is 18.1. The highest BCUT2D eigenvalue weighted by atomic mass is 16.5. The number of unbranched alkanes of at least 4 members (excludes halogenated alkanes) is 12. The quantitative estimate of drug-likeness (QED) is 0.172. The van der Waals surface area contributed by atoms with Gasteiger partial charge in [-0.25, -0.2) is 0 Å². The van der Waals surface area contributed by atoms with Crippen LogP contribution in [-0.2, 0) is 19.1 Å². The number of carbonyl (C=O) groups excluding carboxylic acids is 2. The van der Waals surface area contributed by atoms with E-state index in [0.29, 0.717) is 32.5 Å². The lowest BCUT2D eigenvalue weighted by Gasteiger charge is -2.06. The van der Waals surface area contributed by atoms with Crippen LogP contribution in [0.5, 0.6) is 0 Å². The Kier molecular flexibility index (Phi) is 20.4. The first-order valence-corrected chi connectivity index (χ1v) is 11.5. The minimum absolute atomic E-state index is 0.193. The van der Waals surface area contributed by atoms with Gasteiger partial charge in [-0.1, -0.05) is 90.9 Å². The Hall–Kier alpha value is -1.06. The van der Waals surface area contributed by atoms with E-state index in [0.717, 1.165) is 25.7 Å². The Morgan fingerprint density at radius 3 is 1.19 bits per heavy atom. The SMILES string of the molecule is CCCCCCCCCCOC(=O)CCCC(=O)OCCCCCCCC. The molecule has 0 heterocycles. The number of carbonyl (C=O) groups is 2. The summed E-state index contributed by atoms with van der Waals surface area (Å²) in [7, 11) is 0. The van der Waals surface area contributed by atoms with Crippen molar-refractivity contribution in [2.45, 2.75) is 123 Å². The Labute approximate surface area is 167 Å². The molecule has 4 nitrogen and oxygen atoms in total. The Morgan fingerprint density at radius 2 is 0.815 bits per heavy atom. The van der Waals surface area contributed by atoms with E-state index in [1.165, 1.54) is 64.2 Å². The van der Waals surface area contributed by atoms with Gasteiger partial charge >= 0.3 is 11.9 Å². The van der Waals surface area contributed by atoms with Crippen LogP contribution in [0, 0.1) is 0 Å². The van der Waals surface area contributed by atoms with E-state index < -0.39 is 0 Å². The zero-order valence-corrected chi connectivity index (χ0v) is 18.1. The highest BCUT2D eigenvalue weighted by Crippen LogP contribution is 2.09. The average molecular weight is 385 g/mol. The highest BCUT2D eigenvalue weighted by molar-refractivity contribution is 5.72. The molecule has 0 unspecified atom stereocenters. The first-order valence-electron chi connectivity index (χ1n) is 11.5. The number of rotatable bonds is 20. The summed E-state index contributed by atoms with van der Waals surface area (Å²) >= 11 is 0. The van der Waals surface area contributed by atoms with Gasteiger partial charge in [0.1, 0.15) is 0 Å². The van der Waals surface area contributed by atoms with Gasteiger partial charge in [-0.2, -0.15) is 0 Å². The van der Waals surface area contributed by atoms with Crippen LogP contribution in [-0.4, -0.2) is 25.2 Å². The fourth-order valence-corrected chi connectivity index (χ4v) is 3.01. The molecule has 0 saturated heterocycles. The van der Waals surface area contributed by atoms with Gasteiger partial charge in [0.15, 0.2) is 0 Å². The van der Waals surface area contributed by atoms with Gasteiger partial charge in [0, 0.05) is 12.8 Å². The zero-order chi connectivity index (χ0) is 20.0. The normalized spacial score (nSPS) is 10.7. The topological polar surface area (TPSA) is 52.6 Å². The molecule has 27 heavy (non-hydrogen) atoms. The summed E-state index contributed by atoms with van der Waals surface area (Å²) in [4.78, 5) is 23.3. The maximum atomic E-state index is 11.6. The first-order chi connectivity index (χ1) is 13.2. The van der Waals surface area contributed by atoms with Crippen molar-refractivity contribution in [3.8, 4) is 0 Å². The molecule has 0 aromatic carbocycles. The third-order valence-electron chi connectivity index (χ3n) is 4.78. The molecule has 0 amide bonds. The maximum Gasteiger partial charge on any atom is 0.305 e. The fraction of sp³-hybridized carbons (Fsp3) is 0.913. The molecule has 0 spiro atoms. The van der Waals surface area contributed by atoms with Crippen molar-refractivity contribution in [2.75, 3.05) is 13.2 Å². The van der Waals surface area contributed by atoms with Gasteiger partial charge in [0.2, 0.25) is 0 Å². The number of esters is 2. The fourth-order valence-electron chi connectivity index (χ4n) is 3.01. The van der Waals surface area contributed by atoms with Crippen LogP contribution >= 0.6 is 0 Å². The van der Waals surface area contributed by atoms with E-state index >= 15 is 0 Å². The molecule has 160 valence electrons. The molecular weight excluding hydrogens is 340 g/mol. The summed E-state index contributed by atoms with van der Waals surface area (Å²) in [6.07, 6.45) is 18.1. The average Bonchev–Trinajstić information content (AvgIpc) is 2.66. The van der Waals surface area contributed by atoms with Gasteiger partial charge < -0.3 is 9.47 Å². The largest absolute Gasteiger partial charge is 0.466 e. The van der Waals surface area contributed by atoms with Crippen LogP contribution in [0.2, 0.25) is 0 Å². The lowest BCUT2D eigenvalue weighted by atomic mass is 10.1. The van der Waals surface area contributed by atoms with E-state index in [1.807, 2.05) is 0 Å². The summed E-state index contributed by atoms with van der Waals surface area (Å²) in [5.41, 5.74) is 0. The monoisotopic (exact) mass is 384 g/mol. The van der Waals surface area contributed by atoms with Crippen LogP contribution < -0.4 is 0 Å². The van der Waals surface area contributed by atoms with Gasteiger partial charge in [-0.05, 0) is 19.3 Å². The van der Waals surface area contributed by atoms with Crippen LogP contribution in [0.4, 0.5) is 0 Å². The van der Waals surface area contributed by atoms with Gasteiger partial charge in [-0.15, -0.1) is 0 Å². The van der Waals surface area contributed by atoms with Crippen molar-refractivity contribution >= 4 is 11.9 Å². The molecule has 0 aliphatic carbocycles. The van der Waals surface area contributed by atoms with Crippen LogP contribution in [0.15, 0.2) is 0 Å². The molecule has 0 bridgehead atoms. The molecule has 0 aliphatic heterocycles. The summed E-state index contributed by atoms with van der Waals surface area (Å²) in [6, 6.07) is 0. The van der Waals surface area contributed by atoms with E-state index in [2.05, 4.69) is 13.8 Å². The van der Waals surface area contributed by atoms with E-state index in [4.69, 9.17) is 9.47 Å². The molecular formula is C23H44O4. The highest BCUT2D eigenvalue weighted by Gasteiger charge is 2.07. The summed E-state index contributed by atoms with van der Waals surface area (Å²) in [6.45, 7) is 5.45. The van der Waals surface area contributed by atoms with E-state index in [1.54, 1.807) is 0 Å². The van der Waals surface area contributed by atoms with Crippen LogP contribution in [0.25, 0.3) is 0 Å². The second-order valence-corrected chi connectivity index (χ2v) is 7.54. The standard InChI is InChI=1S/C23H44O4/c1-3-5-7-9-11-12-14-16-21-27-23(25)19-17-18-22(24)26-20-15-13-10-8-6-4-2/h3-21H2,1-2H3. The van der Waals surface area contributed by atoms with Gasteiger partial charge in [0.25, 0.3) is 0 Å². The van der Waals surface area contributed by atoms with Crippen molar-refractivity contribution in [1.82, 2.24) is 0 Å². The molecule has 4 heteroatoms. The van der Waals surface area contributed by atoms with Crippen molar-refractivity contribution < 1.29 is 19.1 Å². The molecule has 0 aromatic heterocycles. The second-order valence-electron chi connectivity index (χ2n) is 7.54. The number of hydrogen-bond donors (Lipinski definition) is 0. The Balaban J connectivity index is 3.31. The maximum absolute atomic E-state index is 11.6. The smallest absolute Gasteiger partial charge is 0.305 e. The molecule has 0 radical (unpaired) electrons. The number of hydrogen-bond acceptors (Lipinski definition) is 4. The van der Waals surface area contributed by atoms with Gasteiger partial charge in [0.05, 0.1) is 13.2 Å². The molecule has 0 aromatic rings. The minimum Gasteiger partial charge on any atom is -0.466 e. The number of ether oxygens (including phenoxy) is 2. The van der Waals surface area contributed by atoms with Crippen molar-refractivity contribution in [1.29, 1.82) is 0 Å². The van der Waals surface area contributed by atoms with E-state index in [9.17, 15) is 9.59 Å². The molecule has 0 rings (SSSR count). The minimum atomic E-state index is -0.195. The van der Waals surface area contributed by atoms with Crippen molar-refractivity contribution in [3.05, 3.63) is 0 Å².